The predicted molar refractivity (Wildman–Crippen MR) is 56.9 cm³/mol. The fraction of sp³-hybridized carbons (Fsp3) is 0.636. The molecule has 0 fully saturated rings. The van der Waals surface area contributed by atoms with E-state index >= 15 is 0 Å². The van der Waals surface area contributed by atoms with E-state index in [0.717, 1.165) is 0 Å². The maximum atomic E-state index is 3.56. The number of hydrogen-bond donors (Lipinski definition) is 0. The first kappa shape index (κ1) is 16.8. The molecule has 0 nitrogen and oxygen atoms in total. The highest BCUT2D eigenvalue weighted by atomic mass is 13.7. The molecule has 0 amide bonds. The molecule has 0 unspecified atom stereocenters. The highest BCUT2D eigenvalue weighted by Gasteiger charge is 1.66. The van der Waals surface area contributed by atoms with E-state index in [1.165, 1.54) is 12.0 Å². The molecule has 0 aromatic carbocycles. The van der Waals surface area contributed by atoms with Crippen LogP contribution in [0.4, 0.5) is 0 Å². The molecule has 0 rings (SSSR count). The van der Waals surface area contributed by atoms with Crippen molar-refractivity contribution in [2.75, 3.05) is 0 Å². The van der Waals surface area contributed by atoms with Crippen LogP contribution in [0.15, 0.2) is 24.3 Å². The van der Waals surface area contributed by atoms with Gasteiger partial charge < -0.3 is 0 Å². The van der Waals surface area contributed by atoms with Gasteiger partial charge >= 0.3 is 0 Å². The normalized spacial score (nSPS) is 8.36. The first-order valence-electron chi connectivity index (χ1n) is 4.48. The third-order valence-electron chi connectivity index (χ3n) is 0.777. The molecule has 0 atom stereocenters. The molecular weight excluding hydrogens is 132 g/mol. The van der Waals surface area contributed by atoms with Crippen molar-refractivity contribution in [3.05, 3.63) is 24.3 Å². The van der Waals surface area contributed by atoms with Crippen molar-refractivity contribution in [1.29, 1.82) is 0 Å². The van der Waals surface area contributed by atoms with Crippen LogP contribution in [-0.2, 0) is 0 Å². The van der Waals surface area contributed by atoms with Crippen LogP contribution < -0.4 is 0 Å². The van der Waals surface area contributed by atoms with Crippen LogP contribution in [-0.4, -0.2) is 0 Å². The molecule has 0 radical (unpaired) electrons. The van der Waals surface area contributed by atoms with Crippen molar-refractivity contribution in [1.82, 2.24) is 0 Å². The van der Waals surface area contributed by atoms with Gasteiger partial charge in [-0.1, -0.05) is 58.4 Å². The topological polar surface area (TPSA) is 0 Å². The third kappa shape index (κ3) is 43.8. The monoisotopic (exact) mass is 156 g/mol. The van der Waals surface area contributed by atoms with Gasteiger partial charge in [-0.05, 0) is 13.8 Å². The van der Waals surface area contributed by atoms with Crippen molar-refractivity contribution in [3.8, 4) is 0 Å². The number of allylic oxidation sites excluding steroid dienone is 3. The van der Waals surface area contributed by atoms with Crippen LogP contribution in [0.25, 0.3) is 0 Å². The Morgan fingerprint density at radius 2 is 1.55 bits per heavy atom. The quantitative estimate of drug-likeness (QED) is 0.487. The van der Waals surface area contributed by atoms with Crippen LogP contribution in [0.3, 0.4) is 0 Å². The van der Waals surface area contributed by atoms with Gasteiger partial charge in [0.05, 0.1) is 0 Å². The summed E-state index contributed by atoms with van der Waals surface area (Å²) in [5.74, 6) is 0. The Morgan fingerprint density at radius 3 is 1.55 bits per heavy atom. The Bertz CT molecular complexity index is 78.0. The summed E-state index contributed by atoms with van der Waals surface area (Å²) in [7, 11) is 0. The van der Waals surface area contributed by atoms with Crippen molar-refractivity contribution in [2.24, 2.45) is 0 Å². The van der Waals surface area contributed by atoms with Crippen LogP contribution in [0, 0.1) is 0 Å². The van der Waals surface area contributed by atoms with Crippen molar-refractivity contribution in [3.63, 3.8) is 0 Å². The summed E-state index contributed by atoms with van der Waals surface area (Å²) in [6, 6.07) is 0. The van der Waals surface area contributed by atoms with E-state index in [1.54, 1.807) is 0 Å². The van der Waals surface area contributed by atoms with E-state index in [2.05, 4.69) is 20.4 Å². The zero-order valence-electron chi connectivity index (χ0n) is 9.07. The zero-order chi connectivity index (χ0) is 9.70. The minimum absolute atomic E-state index is 1.23. The molecule has 0 N–H and O–H groups in total. The number of rotatable bonds is 1. The summed E-state index contributed by atoms with van der Waals surface area (Å²) in [6.07, 6.45) is 5.10. The van der Waals surface area contributed by atoms with E-state index in [9.17, 15) is 0 Å². The average Bonchev–Trinajstić information content (AvgIpc) is 2.08. The minimum atomic E-state index is 1.23. The maximum Gasteiger partial charge on any atom is -0.0401 e. The van der Waals surface area contributed by atoms with E-state index in [4.69, 9.17) is 0 Å². The second kappa shape index (κ2) is 22.7. The second-order valence-corrected chi connectivity index (χ2v) is 1.94. The summed E-state index contributed by atoms with van der Waals surface area (Å²) >= 11 is 0. The van der Waals surface area contributed by atoms with Crippen LogP contribution in [0.1, 0.15) is 48.0 Å². The molecule has 0 heterocycles. The summed E-state index contributed by atoms with van der Waals surface area (Å²) in [5.41, 5.74) is 1.23. The van der Waals surface area contributed by atoms with Crippen molar-refractivity contribution >= 4 is 0 Å². The molecule has 11 heavy (non-hydrogen) atoms. The molecule has 68 valence electrons. The standard InChI is InChI=1S/C6H10.C3H8.C2H6/c1-4-6(3)5-2;1-3-2;1-2/h4-5H,1H2,2-3H3;3H2,1-2H3;1-2H3/b6-5-;;. The highest BCUT2D eigenvalue weighted by molar-refractivity contribution is 5.10. The van der Waals surface area contributed by atoms with Crippen molar-refractivity contribution in [2.45, 2.75) is 48.0 Å². The molecule has 0 aromatic rings. The summed E-state index contributed by atoms with van der Waals surface area (Å²) in [5, 5.41) is 0. The van der Waals surface area contributed by atoms with Gasteiger partial charge in [0.25, 0.3) is 0 Å². The minimum Gasteiger partial charge on any atom is -0.0988 e. The van der Waals surface area contributed by atoms with Gasteiger partial charge in [-0.15, -0.1) is 0 Å². The first-order valence-corrected chi connectivity index (χ1v) is 4.48. The smallest absolute Gasteiger partial charge is 0.0401 e. The Labute approximate surface area is 73.0 Å². The van der Waals surface area contributed by atoms with E-state index in [0.29, 0.717) is 0 Å². The Balaban J connectivity index is -0.000000109. The number of hydrogen-bond acceptors (Lipinski definition) is 0. The van der Waals surface area contributed by atoms with Gasteiger partial charge in [0.15, 0.2) is 0 Å². The van der Waals surface area contributed by atoms with E-state index in [-0.39, 0.29) is 0 Å². The van der Waals surface area contributed by atoms with Crippen molar-refractivity contribution < 1.29 is 0 Å². The van der Waals surface area contributed by atoms with Crippen LogP contribution >= 0.6 is 0 Å². The molecule has 0 aliphatic rings. The third-order valence-corrected chi connectivity index (χ3v) is 0.777. The van der Waals surface area contributed by atoms with Gasteiger partial charge in [0.2, 0.25) is 0 Å². The molecule has 0 heteroatoms. The van der Waals surface area contributed by atoms with Crippen LogP contribution in [0.2, 0.25) is 0 Å². The second-order valence-electron chi connectivity index (χ2n) is 1.94. The molecule has 0 aliphatic carbocycles. The molecular formula is C11H24. The Hall–Kier alpha value is -0.520. The maximum absolute atomic E-state index is 3.56. The zero-order valence-corrected chi connectivity index (χ0v) is 9.07. The SMILES string of the molecule is C=C/C(C)=C\C.CC.CCC. The van der Waals surface area contributed by atoms with Gasteiger partial charge in [0.1, 0.15) is 0 Å². The van der Waals surface area contributed by atoms with Gasteiger partial charge in [0, 0.05) is 0 Å². The molecule has 0 saturated heterocycles. The highest BCUT2D eigenvalue weighted by Crippen LogP contribution is 1.88. The Morgan fingerprint density at radius 1 is 1.27 bits per heavy atom. The molecule has 0 bridgehead atoms. The Kier molecular flexibility index (Phi) is 34.7. The lowest BCUT2D eigenvalue weighted by Crippen LogP contribution is -1.57. The fourth-order valence-corrected chi connectivity index (χ4v) is 0.118. The van der Waals surface area contributed by atoms with Gasteiger partial charge in [-0.3, -0.25) is 0 Å². The van der Waals surface area contributed by atoms with Gasteiger partial charge in [-0.2, -0.15) is 0 Å². The predicted octanol–water partition coefficient (Wildman–Crippen LogP) is 4.58. The summed E-state index contributed by atoms with van der Waals surface area (Å²) in [6.45, 7) is 15.8. The van der Waals surface area contributed by atoms with Gasteiger partial charge in [-0.25, -0.2) is 0 Å². The summed E-state index contributed by atoms with van der Waals surface area (Å²) in [4.78, 5) is 0. The average molecular weight is 156 g/mol. The summed E-state index contributed by atoms with van der Waals surface area (Å²) < 4.78 is 0. The lowest BCUT2D eigenvalue weighted by molar-refractivity contribution is 1.09. The van der Waals surface area contributed by atoms with E-state index in [1.807, 2.05) is 39.8 Å². The van der Waals surface area contributed by atoms with Crippen LogP contribution in [0.5, 0.6) is 0 Å². The largest absolute Gasteiger partial charge is 0.0988 e. The lowest BCUT2D eigenvalue weighted by Gasteiger charge is -1.78. The molecule has 0 saturated carbocycles. The first-order chi connectivity index (χ1) is 5.22. The molecule has 0 aromatic heterocycles. The molecule has 0 aliphatic heterocycles. The fourth-order valence-electron chi connectivity index (χ4n) is 0.118. The lowest BCUT2D eigenvalue weighted by atomic mass is 10.3. The molecule has 0 spiro atoms. The van der Waals surface area contributed by atoms with E-state index < -0.39 is 0 Å².